The summed E-state index contributed by atoms with van der Waals surface area (Å²) in [6.45, 7) is 3.20. The molecule has 2 heterocycles. The molecule has 0 saturated carbocycles. The molecule has 0 spiro atoms. The molecule has 1 aromatic rings. The second-order valence-corrected chi connectivity index (χ2v) is 5.97. The first kappa shape index (κ1) is 14.8. The van der Waals surface area contributed by atoms with Gasteiger partial charge in [-0.3, -0.25) is 4.79 Å². The average molecular weight is 304 g/mol. The fourth-order valence-electron chi connectivity index (χ4n) is 2.96. The summed E-state index contributed by atoms with van der Waals surface area (Å²) < 4.78 is 11.0. The van der Waals surface area contributed by atoms with E-state index in [1.165, 1.54) is 0 Å². The van der Waals surface area contributed by atoms with Crippen LogP contribution >= 0.6 is 0 Å². The molecular formula is C16H20N2O4. The van der Waals surface area contributed by atoms with Crippen molar-refractivity contribution in [3.05, 3.63) is 35.9 Å². The minimum atomic E-state index is -0.544. The van der Waals surface area contributed by atoms with Gasteiger partial charge in [-0.25, -0.2) is 4.79 Å². The van der Waals surface area contributed by atoms with Gasteiger partial charge in [0.15, 0.2) is 0 Å². The molecule has 118 valence electrons. The van der Waals surface area contributed by atoms with E-state index in [4.69, 9.17) is 9.47 Å². The predicted octanol–water partition coefficient (Wildman–Crippen LogP) is 1.30. The standard InChI is InChI=1S/C16H20N2O4/c1-16-11-18(8-7-13(16)17-14(19)10-22-16)15(20)21-9-12-5-3-2-4-6-12/h2-6,13H,7-11H2,1H3,(H,17,19)/t13-,16-/m0/s1. The Morgan fingerprint density at radius 3 is 3.00 bits per heavy atom. The van der Waals surface area contributed by atoms with Crippen molar-refractivity contribution in [1.82, 2.24) is 10.2 Å². The first-order chi connectivity index (χ1) is 10.6. The zero-order chi connectivity index (χ0) is 15.6. The lowest BCUT2D eigenvalue weighted by atomic mass is 9.88. The molecule has 2 amide bonds. The lowest BCUT2D eigenvalue weighted by Crippen LogP contribution is -2.67. The van der Waals surface area contributed by atoms with E-state index in [9.17, 15) is 9.59 Å². The van der Waals surface area contributed by atoms with Crippen LogP contribution in [0.1, 0.15) is 18.9 Å². The number of carbonyl (C=O) groups is 2. The lowest BCUT2D eigenvalue weighted by Gasteiger charge is -2.47. The van der Waals surface area contributed by atoms with Crippen molar-refractivity contribution in [2.24, 2.45) is 0 Å². The van der Waals surface area contributed by atoms with Gasteiger partial charge in [0, 0.05) is 6.54 Å². The number of carbonyl (C=O) groups excluding carboxylic acids is 2. The minimum absolute atomic E-state index is 0.0416. The Bertz CT molecular complexity index is 563. The fourth-order valence-corrected chi connectivity index (χ4v) is 2.96. The number of fused-ring (bicyclic) bond motifs is 1. The maximum atomic E-state index is 12.2. The van der Waals surface area contributed by atoms with Crippen LogP contribution in [0.25, 0.3) is 0 Å². The molecule has 0 unspecified atom stereocenters. The summed E-state index contributed by atoms with van der Waals surface area (Å²) in [5.74, 6) is -0.0948. The van der Waals surface area contributed by atoms with Crippen LogP contribution in [0.5, 0.6) is 0 Å². The first-order valence-electron chi connectivity index (χ1n) is 7.46. The maximum Gasteiger partial charge on any atom is 0.410 e. The maximum absolute atomic E-state index is 12.2. The van der Waals surface area contributed by atoms with Crippen LogP contribution < -0.4 is 5.32 Å². The molecule has 2 aliphatic rings. The summed E-state index contributed by atoms with van der Waals surface area (Å²) >= 11 is 0. The Kier molecular flexibility index (Phi) is 4.02. The van der Waals surface area contributed by atoms with Crippen LogP contribution in [-0.4, -0.2) is 48.2 Å². The fraction of sp³-hybridized carbons (Fsp3) is 0.500. The lowest BCUT2D eigenvalue weighted by molar-refractivity contribution is -0.157. The van der Waals surface area contributed by atoms with Gasteiger partial charge in [-0.1, -0.05) is 30.3 Å². The van der Waals surface area contributed by atoms with Gasteiger partial charge >= 0.3 is 6.09 Å². The first-order valence-corrected chi connectivity index (χ1v) is 7.46. The summed E-state index contributed by atoms with van der Waals surface area (Å²) in [5, 5.41) is 2.93. The Balaban J connectivity index is 1.57. The van der Waals surface area contributed by atoms with Crippen LogP contribution in [-0.2, 0) is 20.9 Å². The van der Waals surface area contributed by atoms with Gasteiger partial charge in [0.1, 0.15) is 18.8 Å². The van der Waals surface area contributed by atoms with E-state index in [0.29, 0.717) is 19.5 Å². The molecule has 1 N–H and O–H groups in total. The number of amides is 2. The Morgan fingerprint density at radius 1 is 1.45 bits per heavy atom. The summed E-state index contributed by atoms with van der Waals surface area (Å²) in [6, 6.07) is 9.53. The summed E-state index contributed by atoms with van der Waals surface area (Å²) in [5.41, 5.74) is 0.413. The molecular weight excluding hydrogens is 284 g/mol. The van der Waals surface area contributed by atoms with Gasteiger partial charge in [-0.15, -0.1) is 0 Å². The molecule has 0 bridgehead atoms. The number of hydrogen-bond acceptors (Lipinski definition) is 4. The molecule has 22 heavy (non-hydrogen) atoms. The van der Waals surface area contributed by atoms with Crippen molar-refractivity contribution in [2.75, 3.05) is 19.7 Å². The van der Waals surface area contributed by atoms with E-state index < -0.39 is 5.60 Å². The van der Waals surface area contributed by atoms with E-state index in [2.05, 4.69) is 5.32 Å². The molecule has 0 radical (unpaired) electrons. The Morgan fingerprint density at radius 2 is 2.23 bits per heavy atom. The molecule has 3 rings (SSSR count). The largest absolute Gasteiger partial charge is 0.445 e. The van der Waals surface area contributed by atoms with Crippen molar-refractivity contribution >= 4 is 12.0 Å². The second kappa shape index (κ2) is 5.96. The third-order valence-corrected chi connectivity index (χ3v) is 4.26. The number of piperidine rings is 1. The Hall–Kier alpha value is -2.08. The molecule has 6 heteroatoms. The normalized spacial score (nSPS) is 27.8. The van der Waals surface area contributed by atoms with Crippen LogP contribution in [0, 0.1) is 0 Å². The van der Waals surface area contributed by atoms with Gasteiger partial charge in [-0.05, 0) is 18.9 Å². The van der Waals surface area contributed by atoms with Crippen LogP contribution in [0.4, 0.5) is 4.79 Å². The van der Waals surface area contributed by atoms with Crippen LogP contribution in [0.15, 0.2) is 30.3 Å². The molecule has 2 saturated heterocycles. The summed E-state index contributed by atoms with van der Waals surface area (Å²) in [7, 11) is 0. The van der Waals surface area contributed by atoms with Crippen molar-refractivity contribution in [2.45, 2.75) is 31.6 Å². The average Bonchev–Trinajstić information content (AvgIpc) is 2.53. The van der Waals surface area contributed by atoms with Gasteiger partial charge in [0.05, 0.1) is 12.6 Å². The van der Waals surface area contributed by atoms with E-state index >= 15 is 0 Å². The third kappa shape index (κ3) is 3.06. The number of nitrogens with zero attached hydrogens (tertiary/aromatic N) is 1. The topological polar surface area (TPSA) is 67.9 Å². The molecule has 1 aromatic carbocycles. The van der Waals surface area contributed by atoms with Gasteiger partial charge < -0.3 is 19.7 Å². The molecule has 0 aromatic heterocycles. The highest BCUT2D eigenvalue weighted by Gasteiger charge is 2.46. The number of likely N-dealkylation sites (tertiary alicyclic amines) is 1. The molecule has 2 fully saturated rings. The quantitative estimate of drug-likeness (QED) is 0.894. The molecule has 2 atom stereocenters. The smallest absolute Gasteiger partial charge is 0.410 e. The van der Waals surface area contributed by atoms with E-state index in [1.54, 1.807) is 4.90 Å². The molecule has 2 aliphatic heterocycles. The van der Waals surface area contributed by atoms with Crippen LogP contribution in [0.3, 0.4) is 0 Å². The number of morpholine rings is 1. The van der Waals surface area contributed by atoms with Crippen molar-refractivity contribution in [3.63, 3.8) is 0 Å². The van der Waals surface area contributed by atoms with E-state index in [0.717, 1.165) is 5.56 Å². The van der Waals surface area contributed by atoms with Gasteiger partial charge in [-0.2, -0.15) is 0 Å². The second-order valence-electron chi connectivity index (χ2n) is 5.97. The zero-order valence-corrected chi connectivity index (χ0v) is 12.6. The highest BCUT2D eigenvalue weighted by molar-refractivity contribution is 5.78. The van der Waals surface area contributed by atoms with E-state index in [-0.39, 0.29) is 31.3 Å². The van der Waals surface area contributed by atoms with Gasteiger partial charge in [0.2, 0.25) is 5.91 Å². The number of rotatable bonds is 2. The summed E-state index contributed by atoms with van der Waals surface area (Å²) in [6.07, 6.45) is 0.326. The number of hydrogen-bond donors (Lipinski definition) is 1. The van der Waals surface area contributed by atoms with Crippen molar-refractivity contribution in [3.8, 4) is 0 Å². The van der Waals surface area contributed by atoms with Crippen molar-refractivity contribution < 1.29 is 19.1 Å². The highest BCUT2D eigenvalue weighted by Crippen LogP contribution is 2.28. The highest BCUT2D eigenvalue weighted by atomic mass is 16.6. The van der Waals surface area contributed by atoms with Crippen LogP contribution in [0.2, 0.25) is 0 Å². The minimum Gasteiger partial charge on any atom is -0.445 e. The number of nitrogens with one attached hydrogen (secondary N) is 1. The van der Waals surface area contributed by atoms with Gasteiger partial charge in [0.25, 0.3) is 0 Å². The van der Waals surface area contributed by atoms with E-state index in [1.807, 2.05) is 37.3 Å². The molecule has 0 aliphatic carbocycles. The number of benzene rings is 1. The Labute approximate surface area is 129 Å². The zero-order valence-electron chi connectivity index (χ0n) is 12.6. The number of ether oxygens (including phenoxy) is 2. The predicted molar refractivity (Wildman–Crippen MR) is 79.1 cm³/mol. The third-order valence-electron chi connectivity index (χ3n) is 4.26. The monoisotopic (exact) mass is 304 g/mol. The van der Waals surface area contributed by atoms with Crippen molar-refractivity contribution in [1.29, 1.82) is 0 Å². The SMILES string of the molecule is C[C@]12CN(C(=O)OCc3ccccc3)CC[C@@H]1NC(=O)CO2. The summed E-state index contributed by atoms with van der Waals surface area (Å²) in [4.78, 5) is 25.3. The molecule has 6 nitrogen and oxygen atoms in total.